The van der Waals surface area contributed by atoms with E-state index in [4.69, 9.17) is 0 Å². The van der Waals surface area contributed by atoms with Crippen molar-refractivity contribution in [1.29, 1.82) is 0 Å². The van der Waals surface area contributed by atoms with Gasteiger partial charge in [-0.2, -0.15) is 5.10 Å². The molecule has 0 aliphatic heterocycles. The number of nitro benzene ring substituents is 1. The van der Waals surface area contributed by atoms with Crippen LogP contribution in [0, 0.1) is 15.9 Å². The number of halogens is 1. The van der Waals surface area contributed by atoms with Gasteiger partial charge < -0.3 is 5.32 Å². The molecule has 0 atom stereocenters. The number of nitrogens with zero attached hydrogens (tertiary/aromatic N) is 3. The Morgan fingerprint density at radius 3 is 2.70 bits per heavy atom. The molecule has 23 heavy (non-hydrogen) atoms. The first-order valence-corrected chi connectivity index (χ1v) is 7.16. The van der Waals surface area contributed by atoms with Gasteiger partial charge in [0.25, 0.3) is 11.6 Å². The van der Waals surface area contributed by atoms with Crippen molar-refractivity contribution in [2.24, 2.45) is 0 Å². The standard InChI is InChI=1S/C15H17FN4O3/c1-4-19-14(8-12(18-19)9(2)3)15(21)17-13-7-10(20(22)23)5-6-11(13)16/h5-9H,4H2,1-3H3,(H,17,21). The predicted molar refractivity (Wildman–Crippen MR) is 83.0 cm³/mol. The van der Waals surface area contributed by atoms with Crippen LogP contribution in [0.3, 0.4) is 0 Å². The fourth-order valence-corrected chi connectivity index (χ4v) is 2.05. The summed E-state index contributed by atoms with van der Waals surface area (Å²) in [4.78, 5) is 22.5. The molecule has 0 saturated heterocycles. The second-order valence-electron chi connectivity index (χ2n) is 5.30. The maximum Gasteiger partial charge on any atom is 0.274 e. The van der Waals surface area contributed by atoms with E-state index in [1.54, 1.807) is 6.07 Å². The van der Waals surface area contributed by atoms with Crippen molar-refractivity contribution in [2.45, 2.75) is 33.2 Å². The van der Waals surface area contributed by atoms with Crippen molar-refractivity contribution in [3.8, 4) is 0 Å². The maximum absolute atomic E-state index is 13.8. The number of hydrogen-bond donors (Lipinski definition) is 1. The number of non-ortho nitro benzene ring substituents is 1. The van der Waals surface area contributed by atoms with Gasteiger partial charge in [-0.05, 0) is 25.0 Å². The summed E-state index contributed by atoms with van der Waals surface area (Å²) in [6.07, 6.45) is 0. The lowest BCUT2D eigenvalue weighted by atomic mass is 10.1. The third-order valence-electron chi connectivity index (χ3n) is 3.33. The van der Waals surface area contributed by atoms with Crippen LogP contribution in [0.2, 0.25) is 0 Å². The summed E-state index contributed by atoms with van der Waals surface area (Å²) in [6, 6.07) is 4.62. The number of carbonyl (C=O) groups is 1. The molecule has 0 bridgehead atoms. The van der Waals surface area contributed by atoms with Crippen molar-refractivity contribution in [3.63, 3.8) is 0 Å². The van der Waals surface area contributed by atoms with E-state index in [1.807, 2.05) is 20.8 Å². The summed E-state index contributed by atoms with van der Waals surface area (Å²) in [5.74, 6) is -1.16. The Labute approximate surface area is 132 Å². The largest absolute Gasteiger partial charge is 0.318 e. The molecule has 2 aromatic rings. The molecular formula is C15H17FN4O3. The first-order valence-electron chi connectivity index (χ1n) is 7.16. The van der Waals surface area contributed by atoms with E-state index in [2.05, 4.69) is 10.4 Å². The van der Waals surface area contributed by atoms with Gasteiger partial charge in [-0.15, -0.1) is 0 Å². The number of amides is 1. The van der Waals surface area contributed by atoms with E-state index in [1.165, 1.54) is 4.68 Å². The third kappa shape index (κ3) is 3.53. The highest BCUT2D eigenvalue weighted by molar-refractivity contribution is 6.03. The number of anilines is 1. The molecule has 0 aliphatic rings. The quantitative estimate of drug-likeness (QED) is 0.676. The lowest BCUT2D eigenvalue weighted by Gasteiger charge is -2.07. The molecule has 0 fully saturated rings. The number of hydrogen-bond acceptors (Lipinski definition) is 4. The van der Waals surface area contributed by atoms with E-state index >= 15 is 0 Å². The van der Waals surface area contributed by atoms with Gasteiger partial charge >= 0.3 is 0 Å². The fourth-order valence-electron chi connectivity index (χ4n) is 2.05. The highest BCUT2D eigenvalue weighted by Gasteiger charge is 2.19. The summed E-state index contributed by atoms with van der Waals surface area (Å²) >= 11 is 0. The number of nitrogens with one attached hydrogen (secondary N) is 1. The Balaban J connectivity index is 2.32. The van der Waals surface area contributed by atoms with Crippen LogP contribution < -0.4 is 5.32 Å². The van der Waals surface area contributed by atoms with Gasteiger partial charge in [-0.1, -0.05) is 13.8 Å². The van der Waals surface area contributed by atoms with E-state index in [-0.39, 0.29) is 23.0 Å². The first-order chi connectivity index (χ1) is 10.8. The number of rotatable bonds is 5. The highest BCUT2D eigenvalue weighted by atomic mass is 19.1. The topological polar surface area (TPSA) is 90.1 Å². The molecule has 2 rings (SSSR count). The zero-order chi connectivity index (χ0) is 17.1. The Hall–Kier alpha value is -2.77. The molecule has 7 nitrogen and oxygen atoms in total. The van der Waals surface area contributed by atoms with Gasteiger partial charge in [0, 0.05) is 18.7 Å². The van der Waals surface area contributed by atoms with Crippen LogP contribution in [0.5, 0.6) is 0 Å². The molecule has 122 valence electrons. The highest BCUT2D eigenvalue weighted by Crippen LogP contribution is 2.22. The SMILES string of the molecule is CCn1nc(C(C)C)cc1C(=O)Nc1cc([N+](=O)[O-])ccc1F. The molecule has 0 unspecified atom stereocenters. The van der Waals surface area contributed by atoms with Gasteiger partial charge in [-0.3, -0.25) is 19.6 Å². The van der Waals surface area contributed by atoms with Gasteiger partial charge in [0.05, 0.1) is 16.3 Å². The van der Waals surface area contributed by atoms with Crippen molar-refractivity contribution in [2.75, 3.05) is 5.32 Å². The number of carbonyl (C=O) groups excluding carboxylic acids is 1. The lowest BCUT2D eigenvalue weighted by molar-refractivity contribution is -0.384. The van der Waals surface area contributed by atoms with Gasteiger partial charge in [0.1, 0.15) is 11.5 Å². The minimum absolute atomic E-state index is 0.142. The van der Waals surface area contributed by atoms with Gasteiger partial charge in [-0.25, -0.2) is 4.39 Å². The van der Waals surface area contributed by atoms with Crippen molar-refractivity contribution < 1.29 is 14.1 Å². The van der Waals surface area contributed by atoms with Crippen LogP contribution in [0.15, 0.2) is 24.3 Å². The minimum atomic E-state index is -0.740. The van der Waals surface area contributed by atoms with Crippen LogP contribution in [0.4, 0.5) is 15.8 Å². The molecular weight excluding hydrogens is 303 g/mol. The zero-order valence-corrected chi connectivity index (χ0v) is 13.0. The van der Waals surface area contributed by atoms with Crippen molar-refractivity contribution >= 4 is 17.3 Å². The minimum Gasteiger partial charge on any atom is -0.318 e. The van der Waals surface area contributed by atoms with Crippen molar-refractivity contribution in [1.82, 2.24) is 9.78 Å². The maximum atomic E-state index is 13.8. The molecule has 1 heterocycles. The van der Waals surface area contributed by atoms with E-state index in [0.717, 1.165) is 23.9 Å². The van der Waals surface area contributed by atoms with E-state index in [0.29, 0.717) is 6.54 Å². The molecule has 0 spiro atoms. The predicted octanol–water partition coefficient (Wildman–Crippen LogP) is 3.33. The summed E-state index contributed by atoms with van der Waals surface area (Å²) in [5.41, 5.74) is 0.492. The van der Waals surface area contributed by atoms with Crippen LogP contribution in [-0.4, -0.2) is 20.6 Å². The average Bonchev–Trinajstić information content (AvgIpc) is 2.93. The molecule has 0 saturated carbocycles. The Bertz CT molecular complexity index is 755. The van der Waals surface area contributed by atoms with Gasteiger partial charge in [0.15, 0.2) is 0 Å². The second-order valence-corrected chi connectivity index (χ2v) is 5.30. The molecule has 0 aliphatic carbocycles. The normalized spacial score (nSPS) is 10.8. The number of nitro groups is 1. The number of aryl methyl sites for hydroxylation is 1. The number of aromatic nitrogens is 2. The summed E-state index contributed by atoms with van der Waals surface area (Å²) in [7, 11) is 0. The van der Waals surface area contributed by atoms with Crippen LogP contribution in [-0.2, 0) is 6.54 Å². The Kier molecular flexibility index (Phi) is 4.73. The molecule has 0 radical (unpaired) electrons. The van der Waals surface area contributed by atoms with Crippen LogP contribution in [0.1, 0.15) is 42.9 Å². The first kappa shape index (κ1) is 16.6. The lowest BCUT2D eigenvalue weighted by Crippen LogP contribution is -2.18. The molecule has 1 aromatic heterocycles. The van der Waals surface area contributed by atoms with Crippen molar-refractivity contribution in [3.05, 3.63) is 51.6 Å². The zero-order valence-electron chi connectivity index (χ0n) is 13.0. The summed E-state index contributed by atoms with van der Waals surface area (Å²) in [6.45, 7) is 6.21. The molecule has 1 N–H and O–H groups in total. The molecule has 1 aromatic carbocycles. The summed E-state index contributed by atoms with van der Waals surface area (Å²) in [5, 5.41) is 17.4. The average molecular weight is 320 g/mol. The Morgan fingerprint density at radius 2 is 2.13 bits per heavy atom. The molecule has 1 amide bonds. The third-order valence-corrected chi connectivity index (χ3v) is 3.33. The fraction of sp³-hybridized carbons (Fsp3) is 0.333. The smallest absolute Gasteiger partial charge is 0.274 e. The summed E-state index contributed by atoms with van der Waals surface area (Å²) < 4.78 is 15.3. The van der Waals surface area contributed by atoms with Crippen LogP contribution in [0.25, 0.3) is 0 Å². The van der Waals surface area contributed by atoms with E-state index < -0.39 is 16.6 Å². The monoisotopic (exact) mass is 320 g/mol. The molecule has 8 heteroatoms. The number of benzene rings is 1. The Morgan fingerprint density at radius 1 is 1.43 bits per heavy atom. The second kappa shape index (κ2) is 6.55. The van der Waals surface area contributed by atoms with Gasteiger partial charge in [0.2, 0.25) is 0 Å². The van der Waals surface area contributed by atoms with Crippen LogP contribution >= 0.6 is 0 Å². The van der Waals surface area contributed by atoms with E-state index in [9.17, 15) is 19.3 Å².